The van der Waals surface area contributed by atoms with E-state index >= 15 is 0 Å². The number of hydrogen-bond acceptors (Lipinski definition) is 5. The lowest BCUT2D eigenvalue weighted by Crippen LogP contribution is -2.21. The van der Waals surface area contributed by atoms with Crippen molar-refractivity contribution >= 4 is 38.7 Å². The van der Waals surface area contributed by atoms with Crippen LogP contribution in [0.15, 0.2) is 42.5 Å². The molecule has 0 saturated carbocycles. The van der Waals surface area contributed by atoms with Crippen molar-refractivity contribution in [2.24, 2.45) is 0 Å². The molecule has 4 rings (SSSR count). The van der Waals surface area contributed by atoms with Crippen molar-refractivity contribution in [2.75, 3.05) is 23.3 Å². The van der Waals surface area contributed by atoms with E-state index in [0.29, 0.717) is 0 Å². The molecular formula is C25H27FN4S. The van der Waals surface area contributed by atoms with E-state index in [9.17, 15) is 4.39 Å². The highest BCUT2D eigenvalue weighted by molar-refractivity contribution is 7.19. The summed E-state index contributed by atoms with van der Waals surface area (Å²) in [6.45, 7) is 12.4. The van der Waals surface area contributed by atoms with Crippen molar-refractivity contribution in [3.05, 3.63) is 64.5 Å². The first-order valence-corrected chi connectivity index (χ1v) is 11.4. The third-order valence-electron chi connectivity index (χ3n) is 5.56. The lowest BCUT2D eigenvalue weighted by molar-refractivity contribution is 0.628. The molecule has 0 atom stereocenters. The van der Waals surface area contributed by atoms with Crippen LogP contribution in [0.25, 0.3) is 21.3 Å². The molecule has 0 saturated heterocycles. The zero-order chi connectivity index (χ0) is 22.1. The average Bonchev–Trinajstić information content (AvgIpc) is 3.07. The number of rotatable bonds is 6. The van der Waals surface area contributed by atoms with Crippen molar-refractivity contribution in [3.8, 4) is 11.1 Å². The first kappa shape index (κ1) is 21.2. The Morgan fingerprint density at radius 3 is 2.32 bits per heavy atom. The van der Waals surface area contributed by atoms with E-state index in [-0.39, 0.29) is 5.82 Å². The number of anilines is 3. The first-order chi connectivity index (χ1) is 14.9. The highest BCUT2D eigenvalue weighted by Crippen LogP contribution is 2.41. The van der Waals surface area contributed by atoms with Gasteiger partial charge in [0.15, 0.2) is 0 Å². The summed E-state index contributed by atoms with van der Waals surface area (Å²) in [6.07, 6.45) is 0. The number of benzene rings is 2. The standard InChI is InChI=1S/C25H27FN4S/c1-6-30(7-2)20-12-13-21(15(3)14-20)29-24-23-22(18-8-10-19(26)11-9-18)16(4)31-25(23)28-17(5)27-24/h8-14H,6-7H2,1-5H3,(H,27,28,29). The van der Waals surface area contributed by atoms with Crippen molar-refractivity contribution in [1.29, 1.82) is 0 Å². The summed E-state index contributed by atoms with van der Waals surface area (Å²) in [5.74, 6) is 1.26. The van der Waals surface area contributed by atoms with Gasteiger partial charge in [0, 0.05) is 34.9 Å². The summed E-state index contributed by atoms with van der Waals surface area (Å²) in [7, 11) is 0. The molecule has 6 heteroatoms. The lowest BCUT2D eigenvalue weighted by atomic mass is 10.0. The molecule has 1 N–H and O–H groups in total. The second kappa shape index (κ2) is 8.63. The van der Waals surface area contributed by atoms with E-state index in [0.717, 1.165) is 62.2 Å². The zero-order valence-electron chi connectivity index (χ0n) is 18.6. The Morgan fingerprint density at radius 2 is 1.68 bits per heavy atom. The molecule has 2 aromatic carbocycles. The molecule has 2 aromatic heterocycles. The van der Waals surface area contributed by atoms with Crippen LogP contribution in [-0.2, 0) is 0 Å². The fourth-order valence-corrected chi connectivity index (χ4v) is 5.06. The van der Waals surface area contributed by atoms with Gasteiger partial charge in [-0.05, 0) is 76.1 Å². The summed E-state index contributed by atoms with van der Waals surface area (Å²) >= 11 is 1.64. The Bertz CT molecular complexity index is 1230. The van der Waals surface area contributed by atoms with Crippen LogP contribution in [0.4, 0.5) is 21.6 Å². The Hall–Kier alpha value is -2.99. The van der Waals surface area contributed by atoms with Crippen LogP contribution < -0.4 is 10.2 Å². The normalized spacial score (nSPS) is 11.2. The van der Waals surface area contributed by atoms with Gasteiger partial charge in [-0.1, -0.05) is 12.1 Å². The number of thiophene rings is 1. The van der Waals surface area contributed by atoms with Gasteiger partial charge >= 0.3 is 0 Å². The fourth-order valence-electron chi connectivity index (χ4n) is 3.97. The predicted molar refractivity (Wildman–Crippen MR) is 130 cm³/mol. The van der Waals surface area contributed by atoms with Crippen LogP contribution in [0, 0.1) is 26.6 Å². The van der Waals surface area contributed by atoms with E-state index in [4.69, 9.17) is 4.98 Å². The maximum Gasteiger partial charge on any atom is 0.143 e. The van der Waals surface area contributed by atoms with Gasteiger partial charge < -0.3 is 10.2 Å². The smallest absolute Gasteiger partial charge is 0.143 e. The molecule has 0 radical (unpaired) electrons. The van der Waals surface area contributed by atoms with E-state index in [1.54, 1.807) is 11.3 Å². The maximum atomic E-state index is 13.5. The Balaban J connectivity index is 1.82. The fraction of sp³-hybridized carbons (Fsp3) is 0.280. The number of nitrogens with one attached hydrogen (secondary N) is 1. The summed E-state index contributed by atoms with van der Waals surface area (Å²) in [4.78, 5) is 13.8. The van der Waals surface area contributed by atoms with Crippen molar-refractivity contribution in [3.63, 3.8) is 0 Å². The molecule has 0 fully saturated rings. The molecule has 0 spiro atoms. The van der Waals surface area contributed by atoms with Crippen LogP contribution in [0.2, 0.25) is 0 Å². The number of nitrogens with zero attached hydrogens (tertiary/aromatic N) is 3. The first-order valence-electron chi connectivity index (χ1n) is 10.6. The summed E-state index contributed by atoms with van der Waals surface area (Å²) in [5.41, 5.74) is 5.41. The number of halogens is 1. The molecule has 160 valence electrons. The Kier molecular flexibility index (Phi) is 5.92. The highest BCUT2D eigenvalue weighted by atomic mass is 32.1. The van der Waals surface area contributed by atoms with Crippen LogP contribution in [0.1, 0.15) is 30.1 Å². The second-order valence-electron chi connectivity index (χ2n) is 7.64. The van der Waals surface area contributed by atoms with Crippen molar-refractivity contribution in [1.82, 2.24) is 9.97 Å². The minimum Gasteiger partial charge on any atom is -0.372 e. The zero-order valence-corrected chi connectivity index (χ0v) is 19.4. The molecule has 31 heavy (non-hydrogen) atoms. The Labute approximate surface area is 186 Å². The third-order valence-corrected chi connectivity index (χ3v) is 6.56. The minimum atomic E-state index is -0.240. The molecular weight excluding hydrogens is 407 g/mol. The second-order valence-corrected chi connectivity index (χ2v) is 8.84. The number of aryl methyl sites for hydroxylation is 3. The molecule has 0 aliphatic rings. The highest BCUT2D eigenvalue weighted by Gasteiger charge is 2.18. The van der Waals surface area contributed by atoms with Gasteiger partial charge in [-0.3, -0.25) is 0 Å². The molecule has 0 bridgehead atoms. The van der Waals surface area contributed by atoms with Gasteiger partial charge in [-0.25, -0.2) is 14.4 Å². The predicted octanol–water partition coefficient (Wildman–Crippen LogP) is 7.01. The average molecular weight is 435 g/mol. The maximum absolute atomic E-state index is 13.5. The van der Waals surface area contributed by atoms with Crippen LogP contribution >= 0.6 is 11.3 Å². The van der Waals surface area contributed by atoms with Crippen LogP contribution in [0.5, 0.6) is 0 Å². The molecule has 0 unspecified atom stereocenters. The largest absolute Gasteiger partial charge is 0.372 e. The van der Waals surface area contributed by atoms with Crippen LogP contribution in [-0.4, -0.2) is 23.1 Å². The van der Waals surface area contributed by atoms with Crippen LogP contribution in [0.3, 0.4) is 0 Å². The van der Waals surface area contributed by atoms with Crippen molar-refractivity contribution < 1.29 is 4.39 Å². The van der Waals surface area contributed by atoms with Gasteiger partial charge in [0.2, 0.25) is 0 Å². The molecule has 4 nitrogen and oxygen atoms in total. The molecule has 0 amide bonds. The summed E-state index contributed by atoms with van der Waals surface area (Å²) < 4.78 is 13.5. The summed E-state index contributed by atoms with van der Waals surface area (Å²) in [6, 6.07) is 13.1. The number of hydrogen-bond donors (Lipinski definition) is 1. The Morgan fingerprint density at radius 1 is 0.968 bits per heavy atom. The number of fused-ring (bicyclic) bond motifs is 1. The number of aromatic nitrogens is 2. The lowest BCUT2D eigenvalue weighted by Gasteiger charge is -2.22. The van der Waals surface area contributed by atoms with Gasteiger partial charge in [-0.15, -0.1) is 11.3 Å². The van der Waals surface area contributed by atoms with Gasteiger partial charge in [0.1, 0.15) is 22.3 Å². The molecule has 0 aliphatic heterocycles. The quantitative estimate of drug-likeness (QED) is 0.354. The van der Waals surface area contributed by atoms with Crippen molar-refractivity contribution in [2.45, 2.75) is 34.6 Å². The molecule has 0 aliphatic carbocycles. The van der Waals surface area contributed by atoms with Gasteiger partial charge in [0.05, 0.1) is 5.39 Å². The minimum absolute atomic E-state index is 0.240. The third kappa shape index (κ3) is 4.12. The van der Waals surface area contributed by atoms with Gasteiger partial charge in [-0.2, -0.15) is 0 Å². The van der Waals surface area contributed by atoms with E-state index < -0.39 is 0 Å². The molecule has 4 aromatic rings. The topological polar surface area (TPSA) is 41.0 Å². The van der Waals surface area contributed by atoms with E-state index in [1.807, 2.05) is 19.1 Å². The van der Waals surface area contributed by atoms with Gasteiger partial charge in [0.25, 0.3) is 0 Å². The molecule has 2 heterocycles. The van der Waals surface area contributed by atoms with E-state index in [2.05, 4.69) is 61.1 Å². The van der Waals surface area contributed by atoms with E-state index in [1.165, 1.54) is 17.8 Å². The monoisotopic (exact) mass is 434 g/mol. The summed E-state index contributed by atoms with van der Waals surface area (Å²) in [5, 5.41) is 4.53. The SMILES string of the molecule is CCN(CC)c1ccc(Nc2nc(C)nc3sc(C)c(-c4ccc(F)cc4)c23)c(C)c1.